The monoisotopic (exact) mass is 462 g/mol. The van der Waals surface area contributed by atoms with E-state index < -0.39 is 6.04 Å². The lowest BCUT2D eigenvalue weighted by Crippen LogP contribution is -2.31. The molecule has 2 heterocycles. The quantitative estimate of drug-likeness (QED) is 0.387. The van der Waals surface area contributed by atoms with Crippen LogP contribution in [-0.2, 0) is 4.79 Å². The van der Waals surface area contributed by atoms with Gasteiger partial charge in [0.2, 0.25) is 5.91 Å². The summed E-state index contributed by atoms with van der Waals surface area (Å²) >= 11 is 7.48. The molecule has 4 aromatic rings. The van der Waals surface area contributed by atoms with E-state index in [9.17, 15) is 9.59 Å². The molecule has 0 aliphatic heterocycles. The molecule has 0 saturated heterocycles. The number of nitrogens with zero attached hydrogens (tertiary/aromatic N) is 2. The minimum Gasteiger partial charge on any atom is -0.345 e. The zero-order chi connectivity index (χ0) is 22.3. The summed E-state index contributed by atoms with van der Waals surface area (Å²) in [5, 5.41) is 8.41. The summed E-state index contributed by atoms with van der Waals surface area (Å²) in [6.45, 7) is 0. The highest BCUT2D eigenvalue weighted by atomic mass is 35.5. The van der Waals surface area contributed by atoms with Crippen LogP contribution in [0.4, 0.5) is 5.13 Å². The van der Waals surface area contributed by atoms with E-state index in [-0.39, 0.29) is 18.2 Å². The molecular weight excluding hydrogens is 444 g/mol. The third-order valence-electron chi connectivity index (χ3n) is 4.69. The topological polar surface area (TPSA) is 84.0 Å². The molecule has 2 aromatic heterocycles. The molecule has 2 amide bonds. The maximum Gasteiger partial charge on any atom is 0.253 e. The van der Waals surface area contributed by atoms with E-state index in [1.165, 1.54) is 11.3 Å². The predicted molar refractivity (Wildman–Crippen MR) is 127 cm³/mol. The largest absolute Gasteiger partial charge is 0.345 e. The predicted octanol–water partition coefficient (Wildman–Crippen LogP) is 5.36. The fourth-order valence-corrected chi connectivity index (χ4v) is 4.08. The lowest BCUT2D eigenvalue weighted by molar-refractivity contribution is -0.116. The molecular formula is C24H19ClN4O2S. The first-order valence-electron chi connectivity index (χ1n) is 9.87. The van der Waals surface area contributed by atoms with Crippen LogP contribution in [0.5, 0.6) is 0 Å². The first-order chi connectivity index (χ1) is 15.6. The molecule has 0 fully saturated rings. The molecule has 2 N–H and O–H groups in total. The van der Waals surface area contributed by atoms with Gasteiger partial charge >= 0.3 is 0 Å². The van der Waals surface area contributed by atoms with Crippen molar-refractivity contribution in [1.82, 2.24) is 15.3 Å². The molecule has 6 nitrogen and oxygen atoms in total. The molecule has 8 heteroatoms. The summed E-state index contributed by atoms with van der Waals surface area (Å²) in [7, 11) is 0. The van der Waals surface area contributed by atoms with Gasteiger partial charge in [-0.2, -0.15) is 0 Å². The Morgan fingerprint density at radius 2 is 1.69 bits per heavy atom. The van der Waals surface area contributed by atoms with Gasteiger partial charge < -0.3 is 10.6 Å². The minimum atomic E-state index is -0.532. The number of thiazole rings is 1. The molecule has 2 aromatic carbocycles. The number of halogens is 1. The molecule has 4 rings (SSSR count). The standard InChI is InChI=1S/C24H19ClN4O2S/c25-18-11-5-4-10-17(18)23(31)27-20(16-8-2-1-3-9-16)14-22(30)29-24-28-21(15-32-24)19-12-6-7-13-26-19/h1-13,15,20H,14H2,(H,27,31)(H,28,29,30)/t20-/m1/s1. The van der Waals surface area contributed by atoms with Crippen LogP contribution in [0.2, 0.25) is 5.02 Å². The Morgan fingerprint density at radius 1 is 0.938 bits per heavy atom. The van der Waals surface area contributed by atoms with Crippen LogP contribution in [0, 0.1) is 0 Å². The Kier molecular flexibility index (Phi) is 6.89. The zero-order valence-corrected chi connectivity index (χ0v) is 18.4. The van der Waals surface area contributed by atoms with Crippen molar-refractivity contribution in [3.05, 3.63) is 101 Å². The summed E-state index contributed by atoms with van der Waals surface area (Å²) in [5.41, 5.74) is 2.60. The number of amides is 2. The van der Waals surface area contributed by atoms with Crippen LogP contribution in [0.1, 0.15) is 28.4 Å². The third-order valence-corrected chi connectivity index (χ3v) is 5.78. The highest BCUT2D eigenvalue weighted by Crippen LogP contribution is 2.25. The highest BCUT2D eigenvalue weighted by molar-refractivity contribution is 7.14. The number of pyridine rings is 1. The molecule has 0 radical (unpaired) electrons. The van der Waals surface area contributed by atoms with E-state index in [1.54, 1.807) is 30.5 Å². The third kappa shape index (κ3) is 5.38. The molecule has 32 heavy (non-hydrogen) atoms. The Bertz CT molecular complexity index is 1210. The number of hydrogen-bond acceptors (Lipinski definition) is 5. The van der Waals surface area contributed by atoms with E-state index in [2.05, 4.69) is 20.6 Å². The van der Waals surface area contributed by atoms with Gasteiger partial charge in [0.25, 0.3) is 5.91 Å². The van der Waals surface area contributed by atoms with Crippen molar-refractivity contribution in [2.75, 3.05) is 5.32 Å². The summed E-state index contributed by atoms with van der Waals surface area (Å²) < 4.78 is 0. The van der Waals surface area contributed by atoms with E-state index in [4.69, 9.17) is 11.6 Å². The van der Waals surface area contributed by atoms with E-state index >= 15 is 0 Å². The van der Waals surface area contributed by atoms with Crippen LogP contribution in [0.25, 0.3) is 11.4 Å². The highest BCUT2D eigenvalue weighted by Gasteiger charge is 2.21. The molecule has 0 bridgehead atoms. The second-order valence-electron chi connectivity index (χ2n) is 6.92. The second-order valence-corrected chi connectivity index (χ2v) is 8.19. The van der Waals surface area contributed by atoms with Crippen LogP contribution in [0.3, 0.4) is 0 Å². The Labute approximate surface area is 194 Å². The molecule has 0 saturated carbocycles. The number of carbonyl (C=O) groups excluding carboxylic acids is 2. The summed E-state index contributed by atoms with van der Waals surface area (Å²) in [4.78, 5) is 34.3. The van der Waals surface area contributed by atoms with Crippen LogP contribution in [0.15, 0.2) is 84.4 Å². The van der Waals surface area contributed by atoms with Gasteiger partial charge in [-0.05, 0) is 29.8 Å². The maximum atomic E-state index is 12.8. The van der Waals surface area contributed by atoms with Gasteiger partial charge in [-0.15, -0.1) is 11.3 Å². The smallest absolute Gasteiger partial charge is 0.253 e. The summed E-state index contributed by atoms with van der Waals surface area (Å²) in [5.74, 6) is -0.607. The minimum absolute atomic E-state index is 0.0404. The zero-order valence-electron chi connectivity index (χ0n) is 16.9. The van der Waals surface area contributed by atoms with E-state index in [1.807, 2.05) is 53.9 Å². The van der Waals surface area contributed by atoms with Gasteiger partial charge in [-0.25, -0.2) is 4.98 Å². The van der Waals surface area contributed by atoms with Crippen molar-refractivity contribution >= 4 is 39.9 Å². The number of benzene rings is 2. The van der Waals surface area contributed by atoms with Crippen LogP contribution in [-0.4, -0.2) is 21.8 Å². The van der Waals surface area contributed by atoms with Crippen molar-refractivity contribution in [3.8, 4) is 11.4 Å². The summed E-state index contributed by atoms with van der Waals surface area (Å²) in [6, 6.07) is 21.2. The van der Waals surface area contributed by atoms with Crippen molar-refractivity contribution in [3.63, 3.8) is 0 Å². The molecule has 0 aliphatic carbocycles. The average molecular weight is 463 g/mol. The normalized spacial score (nSPS) is 11.5. The molecule has 1 atom stereocenters. The first-order valence-corrected chi connectivity index (χ1v) is 11.1. The lowest BCUT2D eigenvalue weighted by atomic mass is 10.0. The number of aromatic nitrogens is 2. The molecule has 160 valence electrons. The van der Waals surface area contributed by atoms with Crippen molar-refractivity contribution in [2.45, 2.75) is 12.5 Å². The molecule has 0 unspecified atom stereocenters. The van der Waals surface area contributed by atoms with Crippen molar-refractivity contribution in [2.24, 2.45) is 0 Å². The van der Waals surface area contributed by atoms with Gasteiger partial charge in [0.05, 0.1) is 28.7 Å². The number of hydrogen-bond donors (Lipinski definition) is 2. The van der Waals surface area contributed by atoms with E-state index in [0.717, 1.165) is 11.3 Å². The van der Waals surface area contributed by atoms with Gasteiger partial charge in [0.15, 0.2) is 5.13 Å². The Morgan fingerprint density at radius 3 is 2.44 bits per heavy atom. The van der Waals surface area contributed by atoms with Gasteiger partial charge in [-0.1, -0.05) is 60.1 Å². The number of rotatable bonds is 7. The second kappa shape index (κ2) is 10.2. The van der Waals surface area contributed by atoms with E-state index in [0.29, 0.717) is 21.4 Å². The van der Waals surface area contributed by atoms with Gasteiger partial charge in [0.1, 0.15) is 5.69 Å². The van der Waals surface area contributed by atoms with Crippen LogP contribution >= 0.6 is 22.9 Å². The summed E-state index contributed by atoms with van der Waals surface area (Å²) in [6.07, 6.45) is 1.73. The van der Waals surface area contributed by atoms with Crippen molar-refractivity contribution in [1.29, 1.82) is 0 Å². The Balaban J connectivity index is 1.48. The molecule has 0 spiro atoms. The van der Waals surface area contributed by atoms with Crippen molar-refractivity contribution < 1.29 is 9.59 Å². The number of carbonyl (C=O) groups is 2. The SMILES string of the molecule is O=C(C[C@@H](NC(=O)c1ccccc1Cl)c1ccccc1)Nc1nc(-c2ccccn2)cs1. The van der Waals surface area contributed by atoms with Gasteiger partial charge in [0, 0.05) is 11.6 Å². The Hall–Kier alpha value is -3.55. The lowest BCUT2D eigenvalue weighted by Gasteiger charge is -2.19. The first kappa shape index (κ1) is 21.7. The maximum absolute atomic E-state index is 12.8. The fraction of sp³-hybridized carbons (Fsp3) is 0.0833. The number of nitrogens with one attached hydrogen (secondary N) is 2. The van der Waals surface area contributed by atoms with Gasteiger partial charge in [-0.3, -0.25) is 14.6 Å². The molecule has 0 aliphatic rings. The van der Waals surface area contributed by atoms with Crippen LogP contribution < -0.4 is 10.6 Å². The average Bonchev–Trinajstić information content (AvgIpc) is 3.28. The fourth-order valence-electron chi connectivity index (χ4n) is 3.14. The number of anilines is 1.